The van der Waals surface area contributed by atoms with E-state index in [0.717, 1.165) is 4.57 Å². The summed E-state index contributed by atoms with van der Waals surface area (Å²) in [5, 5.41) is 8.83. The Morgan fingerprint density at radius 2 is 2.00 bits per heavy atom. The van der Waals surface area contributed by atoms with Gasteiger partial charge in [-0.15, -0.1) is 0 Å². The summed E-state index contributed by atoms with van der Waals surface area (Å²) >= 11 is 0. The Kier molecular flexibility index (Phi) is 3.46. The van der Waals surface area contributed by atoms with Crippen molar-refractivity contribution >= 4 is 17.1 Å². The van der Waals surface area contributed by atoms with Gasteiger partial charge < -0.3 is 5.11 Å². The molecule has 0 fully saturated rings. The lowest BCUT2D eigenvalue weighted by atomic mass is 10.3. The van der Waals surface area contributed by atoms with E-state index in [1.165, 1.54) is 10.8 Å². The lowest BCUT2D eigenvalue weighted by molar-refractivity contribution is -0.137. The van der Waals surface area contributed by atoms with Gasteiger partial charge in [0.2, 0.25) is 0 Å². The highest BCUT2D eigenvalue weighted by Crippen LogP contribution is 2.07. The first-order valence-corrected chi connectivity index (χ1v) is 5.86. The number of rotatable bonds is 4. The van der Waals surface area contributed by atoms with Crippen molar-refractivity contribution in [3.8, 4) is 0 Å². The van der Waals surface area contributed by atoms with Gasteiger partial charge in [0.25, 0.3) is 0 Å². The molecule has 100 valence electrons. The molecular weight excluding hydrogens is 250 g/mol. The Balaban J connectivity index is 2.88. The van der Waals surface area contributed by atoms with Crippen LogP contribution in [0.5, 0.6) is 0 Å². The van der Waals surface area contributed by atoms with E-state index >= 15 is 0 Å². The molecule has 2 heterocycles. The van der Waals surface area contributed by atoms with Gasteiger partial charge in [0, 0.05) is 12.7 Å². The molecule has 19 heavy (non-hydrogen) atoms. The van der Waals surface area contributed by atoms with Crippen molar-refractivity contribution in [3.63, 3.8) is 0 Å². The lowest BCUT2D eigenvalue weighted by Crippen LogP contribution is -2.42. The van der Waals surface area contributed by atoms with Crippen LogP contribution in [0.4, 0.5) is 0 Å². The molecule has 1 N–H and O–H groups in total. The van der Waals surface area contributed by atoms with Gasteiger partial charge in [-0.3, -0.25) is 23.5 Å². The average Bonchev–Trinajstić information content (AvgIpc) is 2.39. The number of carboxylic acids is 1. The Morgan fingerprint density at radius 1 is 1.32 bits per heavy atom. The minimum Gasteiger partial charge on any atom is -0.480 e. The van der Waals surface area contributed by atoms with Gasteiger partial charge in [-0.05, 0) is 18.6 Å². The van der Waals surface area contributed by atoms with Crippen LogP contribution in [0.3, 0.4) is 0 Å². The number of fused-ring (bicyclic) bond motifs is 1. The lowest BCUT2D eigenvalue weighted by Gasteiger charge is -2.11. The summed E-state index contributed by atoms with van der Waals surface area (Å²) in [6, 6.07) is 3.18. The second kappa shape index (κ2) is 5.05. The van der Waals surface area contributed by atoms with Crippen molar-refractivity contribution in [1.29, 1.82) is 0 Å². The molecule has 2 rings (SSSR count). The predicted octanol–water partition coefficient (Wildman–Crippen LogP) is 0.0528. The van der Waals surface area contributed by atoms with Crippen molar-refractivity contribution in [2.75, 3.05) is 0 Å². The third kappa shape index (κ3) is 2.26. The van der Waals surface area contributed by atoms with Crippen LogP contribution in [-0.4, -0.2) is 25.2 Å². The van der Waals surface area contributed by atoms with Crippen LogP contribution in [0.1, 0.15) is 13.3 Å². The SMILES string of the molecule is CCCn1c(=O)c(=O)n(CC(=O)O)c2cccnc21. The summed E-state index contributed by atoms with van der Waals surface area (Å²) in [4.78, 5) is 38.8. The first-order chi connectivity index (χ1) is 9.06. The molecule has 2 aromatic heterocycles. The number of nitrogens with zero attached hydrogens (tertiary/aromatic N) is 3. The van der Waals surface area contributed by atoms with Gasteiger partial charge in [0.1, 0.15) is 6.54 Å². The third-order valence-electron chi connectivity index (χ3n) is 2.73. The molecule has 0 unspecified atom stereocenters. The number of pyridine rings is 1. The van der Waals surface area contributed by atoms with Crippen LogP contribution in [0, 0.1) is 0 Å². The zero-order valence-electron chi connectivity index (χ0n) is 10.4. The van der Waals surface area contributed by atoms with Crippen molar-refractivity contribution in [3.05, 3.63) is 39.0 Å². The minimum atomic E-state index is -1.18. The molecule has 7 heteroatoms. The zero-order valence-corrected chi connectivity index (χ0v) is 10.4. The van der Waals surface area contributed by atoms with E-state index in [1.807, 2.05) is 6.92 Å². The quantitative estimate of drug-likeness (QED) is 0.787. The number of hydrogen-bond acceptors (Lipinski definition) is 4. The summed E-state index contributed by atoms with van der Waals surface area (Å²) in [5.74, 6) is -1.18. The molecular formula is C12H13N3O4. The predicted molar refractivity (Wildman–Crippen MR) is 68.2 cm³/mol. The summed E-state index contributed by atoms with van der Waals surface area (Å²) in [6.07, 6.45) is 2.18. The van der Waals surface area contributed by atoms with E-state index < -0.39 is 23.6 Å². The topological polar surface area (TPSA) is 94.2 Å². The van der Waals surface area contributed by atoms with Crippen LogP contribution in [0.2, 0.25) is 0 Å². The van der Waals surface area contributed by atoms with Gasteiger partial charge in [-0.2, -0.15) is 0 Å². The largest absolute Gasteiger partial charge is 0.480 e. The fourth-order valence-electron chi connectivity index (χ4n) is 1.97. The second-order valence-electron chi connectivity index (χ2n) is 4.09. The van der Waals surface area contributed by atoms with E-state index in [0.29, 0.717) is 24.1 Å². The molecule has 7 nitrogen and oxygen atoms in total. The van der Waals surface area contributed by atoms with Gasteiger partial charge >= 0.3 is 17.1 Å². The maximum Gasteiger partial charge on any atom is 0.323 e. The number of carbonyl (C=O) groups is 1. The smallest absolute Gasteiger partial charge is 0.323 e. The minimum absolute atomic E-state index is 0.329. The first kappa shape index (κ1) is 13.0. The maximum absolute atomic E-state index is 12.0. The molecule has 0 amide bonds. The number of hydrogen-bond donors (Lipinski definition) is 1. The van der Waals surface area contributed by atoms with Crippen LogP contribution < -0.4 is 11.1 Å². The summed E-state index contributed by atoms with van der Waals surface area (Å²) < 4.78 is 2.23. The van der Waals surface area contributed by atoms with Gasteiger partial charge in [-0.25, -0.2) is 4.98 Å². The Labute approximate surface area is 107 Å². The molecule has 0 saturated carbocycles. The Hall–Kier alpha value is -2.44. The van der Waals surface area contributed by atoms with Crippen molar-refractivity contribution in [2.24, 2.45) is 0 Å². The highest BCUT2D eigenvalue weighted by Gasteiger charge is 2.14. The molecule has 0 atom stereocenters. The van der Waals surface area contributed by atoms with E-state index in [9.17, 15) is 14.4 Å². The van der Waals surface area contributed by atoms with Crippen LogP contribution >= 0.6 is 0 Å². The number of aliphatic carboxylic acids is 1. The van der Waals surface area contributed by atoms with E-state index in [2.05, 4.69) is 4.98 Å². The zero-order chi connectivity index (χ0) is 14.0. The number of aryl methyl sites for hydroxylation is 1. The summed E-state index contributed by atoms with van der Waals surface area (Å²) in [6.45, 7) is 1.70. The fourth-order valence-corrected chi connectivity index (χ4v) is 1.97. The van der Waals surface area contributed by atoms with Crippen molar-refractivity contribution < 1.29 is 9.90 Å². The summed E-state index contributed by atoms with van der Waals surface area (Å²) in [5.41, 5.74) is -0.899. The highest BCUT2D eigenvalue weighted by atomic mass is 16.4. The van der Waals surface area contributed by atoms with Crippen molar-refractivity contribution in [1.82, 2.24) is 14.1 Å². The van der Waals surface area contributed by atoms with Gasteiger partial charge in [0.05, 0.1) is 5.52 Å². The van der Waals surface area contributed by atoms with Crippen LogP contribution in [0.25, 0.3) is 11.2 Å². The highest BCUT2D eigenvalue weighted by molar-refractivity contribution is 5.74. The Bertz CT molecular complexity index is 745. The average molecular weight is 263 g/mol. The van der Waals surface area contributed by atoms with Crippen LogP contribution in [0.15, 0.2) is 27.9 Å². The molecule has 0 aliphatic carbocycles. The molecule has 0 bridgehead atoms. The van der Waals surface area contributed by atoms with E-state index in [-0.39, 0.29) is 0 Å². The second-order valence-corrected chi connectivity index (χ2v) is 4.09. The standard InChI is InChI=1S/C12H13N3O4/c1-2-6-14-10-8(4-3-5-13-10)15(7-9(16)17)12(19)11(14)18/h3-5H,2,6-7H2,1H3,(H,16,17). The first-order valence-electron chi connectivity index (χ1n) is 5.86. The molecule has 0 aliphatic heterocycles. The number of aromatic nitrogens is 3. The van der Waals surface area contributed by atoms with Crippen LogP contribution in [-0.2, 0) is 17.9 Å². The maximum atomic E-state index is 12.0. The molecule has 0 spiro atoms. The molecule has 2 aromatic rings. The van der Waals surface area contributed by atoms with E-state index in [1.54, 1.807) is 12.1 Å². The van der Waals surface area contributed by atoms with Gasteiger partial charge in [0.15, 0.2) is 5.65 Å². The molecule has 0 saturated heterocycles. The molecule has 0 aromatic carbocycles. The summed E-state index contributed by atoms with van der Waals surface area (Å²) in [7, 11) is 0. The Morgan fingerprint density at radius 3 is 2.63 bits per heavy atom. The number of carboxylic acid groups (broad SMARTS) is 1. The van der Waals surface area contributed by atoms with E-state index in [4.69, 9.17) is 5.11 Å². The fraction of sp³-hybridized carbons (Fsp3) is 0.333. The van der Waals surface area contributed by atoms with Gasteiger partial charge in [-0.1, -0.05) is 6.92 Å². The monoisotopic (exact) mass is 263 g/mol. The molecule has 0 aliphatic rings. The third-order valence-corrected chi connectivity index (χ3v) is 2.73. The van der Waals surface area contributed by atoms with Crippen molar-refractivity contribution in [2.45, 2.75) is 26.4 Å². The normalized spacial score (nSPS) is 10.8. The molecule has 0 radical (unpaired) electrons.